The lowest BCUT2D eigenvalue weighted by molar-refractivity contribution is 0.102. The molecule has 1 heterocycles. The average Bonchev–Trinajstić information content (AvgIpc) is 2.73. The fraction of sp³-hybridized carbons (Fsp3) is 0.250. The van der Waals surface area contributed by atoms with E-state index in [9.17, 15) is 22.4 Å². The number of rotatable bonds is 6. The molecular weight excluding hydrogens is 461 g/mol. The number of hydrogen-bond donors (Lipinski definition) is 3. The Kier molecular flexibility index (Phi) is 6.83. The number of amides is 1. The lowest BCUT2D eigenvalue weighted by atomic mass is 9.84. The van der Waals surface area contributed by atoms with Gasteiger partial charge in [0.25, 0.3) is 11.5 Å². The Hall–Kier alpha value is -3.66. The van der Waals surface area contributed by atoms with Crippen LogP contribution >= 0.6 is 0 Å². The standard InChI is InChI=1S/C24H26FN3O5S/c1-24(2,3)19-10-15(18-12-16(25)13-26-23(18)30)11-20(21(19)33-4)27-22(29)14-6-8-17(9-7-14)28-34(5,31)32/h6-13,28H,1-5H3,(H,26,30)(H,27,29). The van der Waals surface area contributed by atoms with Gasteiger partial charge < -0.3 is 15.0 Å². The summed E-state index contributed by atoms with van der Waals surface area (Å²) in [6.07, 6.45) is 2.01. The highest BCUT2D eigenvalue weighted by atomic mass is 32.2. The van der Waals surface area contributed by atoms with Crippen molar-refractivity contribution in [2.75, 3.05) is 23.4 Å². The molecule has 0 saturated carbocycles. The number of methoxy groups -OCH3 is 1. The van der Waals surface area contributed by atoms with Crippen molar-refractivity contribution in [1.82, 2.24) is 4.98 Å². The van der Waals surface area contributed by atoms with E-state index in [1.807, 2.05) is 20.8 Å². The number of pyridine rings is 1. The van der Waals surface area contributed by atoms with Crippen LogP contribution in [0.5, 0.6) is 5.75 Å². The van der Waals surface area contributed by atoms with Gasteiger partial charge in [0.1, 0.15) is 11.6 Å². The minimum Gasteiger partial charge on any atom is -0.494 e. The molecule has 8 nitrogen and oxygen atoms in total. The monoisotopic (exact) mass is 487 g/mol. The van der Waals surface area contributed by atoms with Gasteiger partial charge in [0.15, 0.2) is 0 Å². The third kappa shape index (κ3) is 5.82. The summed E-state index contributed by atoms with van der Waals surface area (Å²) in [7, 11) is -1.97. The van der Waals surface area contributed by atoms with Crippen molar-refractivity contribution in [3.8, 4) is 16.9 Å². The van der Waals surface area contributed by atoms with Crippen LogP contribution in [0.25, 0.3) is 11.1 Å². The van der Waals surface area contributed by atoms with Gasteiger partial charge in [-0.2, -0.15) is 0 Å². The van der Waals surface area contributed by atoms with E-state index in [0.29, 0.717) is 28.3 Å². The Balaban J connectivity index is 2.07. The van der Waals surface area contributed by atoms with Crippen LogP contribution in [0.2, 0.25) is 0 Å². The molecule has 2 aromatic carbocycles. The Morgan fingerprint density at radius 3 is 2.29 bits per heavy atom. The second-order valence-corrected chi connectivity index (χ2v) is 10.6. The van der Waals surface area contributed by atoms with Crippen molar-refractivity contribution in [1.29, 1.82) is 0 Å². The number of sulfonamides is 1. The van der Waals surface area contributed by atoms with E-state index in [1.165, 1.54) is 31.4 Å². The summed E-state index contributed by atoms with van der Waals surface area (Å²) in [4.78, 5) is 27.7. The third-order valence-corrected chi connectivity index (χ3v) is 5.59. The molecule has 180 valence electrons. The molecule has 3 aromatic rings. The van der Waals surface area contributed by atoms with E-state index < -0.39 is 32.7 Å². The summed E-state index contributed by atoms with van der Waals surface area (Å²) in [6, 6.07) is 10.3. The van der Waals surface area contributed by atoms with E-state index in [2.05, 4.69) is 15.0 Å². The first-order valence-corrected chi connectivity index (χ1v) is 12.2. The highest BCUT2D eigenvalue weighted by Crippen LogP contribution is 2.40. The summed E-state index contributed by atoms with van der Waals surface area (Å²) in [5.74, 6) is -0.668. The first-order valence-electron chi connectivity index (χ1n) is 10.3. The molecule has 1 aromatic heterocycles. The minimum absolute atomic E-state index is 0.111. The van der Waals surface area contributed by atoms with Gasteiger partial charge in [0.05, 0.1) is 19.1 Å². The molecule has 34 heavy (non-hydrogen) atoms. The third-order valence-electron chi connectivity index (χ3n) is 4.98. The van der Waals surface area contributed by atoms with Gasteiger partial charge in [-0.1, -0.05) is 20.8 Å². The van der Waals surface area contributed by atoms with Gasteiger partial charge in [0, 0.05) is 28.6 Å². The molecule has 0 aliphatic carbocycles. The first kappa shape index (κ1) is 25.0. The van der Waals surface area contributed by atoms with E-state index in [0.717, 1.165) is 18.5 Å². The van der Waals surface area contributed by atoms with Crippen molar-refractivity contribution in [3.05, 3.63) is 76.0 Å². The topological polar surface area (TPSA) is 117 Å². The molecule has 0 aliphatic heterocycles. The number of ether oxygens (including phenoxy) is 1. The maximum Gasteiger partial charge on any atom is 0.256 e. The summed E-state index contributed by atoms with van der Waals surface area (Å²) in [5, 5.41) is 2.79. The van der Waals surface area contributed by atoms with Gasteiger partial charge in [-0.25, -0.2) is 12.8 Å². The summed E-state index contributed by atoms with van der Waals surface area (Å²) in [5.41, 5.74) is 1.22. The molecule has 10 heteroatoms. The van der Waals surface area contributed by atoms with Crippen LogP contribution in [0.15, 0.2) is 53.5 Å². The number of anilines is 2. The predicted molar refractivity (Wildman–Crippen MR) is 131 cm³/mol. The van der Waals surface area contributed by atoms with E-state index in [-0.39, 0.29) is 11.1 Å². The van der Waals surface area contributed by atoms with E-state index in [4.69, 9.17) is 4.74 Å². The molecule has 1 amide bonds. The molecule has 0 spiro atoms. The van der Waals surface area contributed by atoms with E-state index in [1.54, 1.807) is 12.1 Å². The number of carbonyl (C=O) groups is 1. The Labute approximate surface area is 197 Å². The molecular formula is C24H26FN3O5S. The van der Waals surface area contributed by atoms with Crippen LogP contribution in [0.3, 0.4) is 0 Å². The maximum atomic E-state index is 13.9. The largest absolute Gasteiger partial charge is 0.494 e. The van der Waals surface area contributed by atoms with Gasteiger partial charge in [-0.3, -0.25) is 14.3 Å². The van der Waals surface area contributed by atoms with Crippen LogP contribution < -0.4 is 20.3 Å². The van der Waals surface area contributed by atoms with E-state index >= 15 is 0 Å². The maximum absolute atomic E-state index is 13.9. The number of aromatic amines is 1. The fourth-order valence-corrected chi connectivity index (χ4v) is 3.99. The van der Waals surface area contributed by atoms with Crippen molar-refractivity contribution in [3.63, 3.8) is 0 Å². The molecule has 0 saturated heterocycles. The minimum atomic E-state index is -3.45. The summed E-state index contributed by atoms with van der Waals surface area (Å²) in [6.45, 7) is 5.84. The number of carbonyl (C=O) groups excluding carboxylic acids is 1. The highest BCUT2D eigenvalue weighted by Gasteiger charge is 2.24. The second kappa shape index (κ2) is 9.30. The number of aromatic nitrogens is 1. The molecule has 3 N–H and O–H groups in total. The van der Waals surface area contributed by atoms with Gasteiger partial charge in [0.2, 0.25) is 10.0 Å². The van der Waals surface area contributed by atoms with Crippen molar-refractivity contribution in [2.24, 2.45) is 0 Å². The van der Waals surface area contributed by atoms with Gasteiger partial charge in [-0.15, -0.1) is 0 Å². The lowest BCUT2D eigenvalue weighted by Gasteiger charge is -2.25. The quantitative estimate of drug-likeness (QED) is 0.484. The highest BCUT2D eigenvalue weighted by molar-refractivity contribution is 7.92. The number of nitrogens with one attached hydrogen (secondary N) is 3. The fourth-order valence-electron chi connectivity index (χ4n) is 3.42. The van der Waals surface area contributed by atoms with Crippen LogP contribution in [0, 0.1) is 5.82 Å². The van der Waals surface area contributed by atoms with Crippen LogP contribution in [0.4, 0.5) is 15.8 Å². The predicted octanol–water partition coefficient (Wildman–Crippen LogP) is 4.11. The SMILES string of the molecule is COc1c(NC(=O)c2ccc(NS(C)(=O)=O)cc2)cc(-c2cc(F)c[nH]c2=O)cc1C(C)(C)C. The Bertz CT molecular complexity index is 1390. The zero-order valence-corrected chi connectivity index (χ0v) is 20.3. The summed E-state index contributed by atoms with van der Waals surface area (Å²) < 4.78 is 44.6. The van der Waals surface area contributed by atoms with Gasteiger partial charge in [-0.05, 0) is 53.4 Å². The van der Waals surface area contributed by atoms with Crippen molar-refractivity contribution >= 4 is 27.3 Å². The molecule has 0 radical (unpaired) electrons. The molecule has 0 fully saturated rings. The molecule has 0 atom stereocenters. The van der Waals surface area contributed by atoms with Gasteiger partial charge >= 0.3 is 0 Å². The number of H-pyrrole nitrogens is 1. The van der Waals surface area contributed by atoms with Crippen molar-refractivity contribution in [2.45, 2.75) is 26.2 Å². The number of benzene rings is 2. The Morgan fingerprint density at radius 2 is 1.74 bits per heavy atom. The number of halogens is 1. The molecule has 0 bridgehead atoms. The molecule has 0 aliphatic rings. The number of hydrogen-bond acceptors (Lipinski definition) is 5. The average molecular weight is 488 g/mol. The molecule has 0 unspecified atom stereocenters. The zero-order valence-electron chi connectivity index (χ0n) is 19.4. The first-order chi connectivity index (χ1) is 15.8. The summed E-state index contributed by atoms with van der Waals surface area (Å²) >= 11 is 0. The zero-order chi connectivity index (χ0) is 25.3. The van der Waals surface area contributed by atoms with Crippen LogP contribution in [0.1, 0.15) is 36.7 Å². The smallest absolute Gasteiger partial charge is 0.256 e. The lowest BCUT2D eigenvalue weighted by Crippen LogP contribution is -2.18. The van der Waals surface area contributed by atoms with Crippen molar-refractivity contribution < 1.29 is 22.3 Å². The van der Waals surface area contributed by atoms with Crippen LogP contribution in [-0.2, 0) is 15.4 Å². The Morgan fingerprint density at radius 1 is 1.09 bits per heavy atom. The van der Waals surface area contributed by atoms with Crippen LogP contribution in [-0.4, -0.2) is 32.7 Å². The second-order valence-electron chi connectivity index (χ2n) is 8.82. The molecule has 3 rings (SSSR count). The normalized spacial score (nSPS) is 11.7.